The van der Waals surface area contributed by atoms with Crippen molar-refractivity contribution in [2.24, 2.45) is 0 Å². The monoisotopic (exact) mass is 254 g/mol. The summed E-state index contributed by atoms with van der Waals surface area (Å²) >= 11 is 0.877. The highest BCUT2D eigenvalue weighted by Gasteiger charge is 2.33. The molecular formula is C8H6N4O4S. The largest absolute Gasteiger partial charge is 0.351 e. The molecule has 0 aliphatic heterocycles. The summed E-state index contributed by atoms with van der Waals surface area (Å²) in [5, 5.41) is 21.8. The molecule has 0 atom stereocenters. The SMILES string of the molecule is Cc1c([N+](=O)[O-])c([N+](=O)[O-])c(C)c2nsnc12. The minimum absolute atomic E-state index is 0.177. The minimum atomic E-state index is -0.751. The zero-order valence-electron chi connectivity index (χ0n) is 8.83. The fourth-order valence-electron chi connectivity index (χ4n) is 1.71. The van der Waals surface area contributed by atoms with E-state index < -0.39 is 21.2 Å². The average Bonchev–Trinajstić information content (AvgIpc) is 2.70. The van der Waals surface area contributed by atoms with E-state index in [9.17, 15) is 20.2 Å². The van der Waals surface area contributed by atoms with Crippen molar-refractivity contribution in [2.75, 3.05) is 0 Å². The molecule has 2 aromatic rings. The van der Waals surface area contributed by atoms with Crippen molar-refractivity contribution in [3.63, 3.8) is 0 Å². The van der Waals surface area contributed by atoms with Crippen LogP contribution in [0.1, 0.15) is 11.1 Å². The number of fused-ring (bicyclic) bond motifs is 1. The summed E-state index contributed by atoms with van der Waals surface area (Å²) in [6, 6.07) is 0. The molecule has 88 valence electrons. The van der Waals surface area contributed by atoms with Crippen LogP contribution < -0.4 is 0 Å². The number of benzene rings is 1. The van der Waals surface area contributed by atoms with E-state index >= 15 is 0 Å². The maximum Gasteiger partial charge on any atom is 0.351 e. The Balaban J connectivity index is 3.03. The Bertz CT molecular complexity index is 597. The molecule has 0 saturated heterocycles. The second-order valence-electron chi connectivity index (χ2n) is 3.42. The molecule has 8 nitrogen and oxygen atoms in total. The van der Waals surface area contributed by atoms with Gasteiger partial charge in [-0.2, -0.15) is 8.75 Å². The van der Waals surface area contributed by atoms with Crippen molar-refractivity contribution in [1.29, 1.82) is 0 Å². The number of rotatable bonds is 2. The molecular weight excluding hydrogens is 248 g/mol. The first-order valence-corrected chi connectivity index (χ1v) is 5.22. The first-order chi connectivity index (χ1) is 7.95. The molecule has 0 amide bonds. The zero-order valence-corrected chi connectivity index (χ0v) is 9.65. The number of nitro groups is 2. The Hall–Kier alpha value is -2.16. The van der Waals surface area contributed by atoms with Gasteiger partial charge in [0.15, 0.2) is 0 Å². The first kappa shape index (κ1) is 11.3. The van der Waals surface area contributed by atoms with Gasteiger partial charge in [0.25, 0.3) is 0 Å². The highest BCUT2D eigenvalue weighted by Crippen LogP contribution is 2.39. The van der Waals surface area contributed by atoms with Gasteiger partial charge in [-0.1, -0.05) is 0 Å². The number of hydrogen-bond donors (Lipinski definition) is 0. The minimum Gasteiger partial charge on any atom is -0.258 e. The third-order valence-electron chi connectivity index (χ3n) is 2.50. The van der Waals surface area contributed by atoms with E-state index in [-0.39, 0.29) is 11.1 Å². The van der Waals surface area contributed by atoms with Gasteiger partial charge < -0.3 is 0 Å². The van der Waals surface area contributed by atoms with Crippen LogP contribution in [0.4, 0.5) is 11.4 Å². The predicted octanol–water partition coefficient (Wildman–Crippen LogP) is 2.12. The molecule has 17 heavy (non-hydrogen) atoms. The quantitative estimate of drug-likeness (QED) is 0.599. The van der Waals surface area contributed by atoms with Gasteiger partial charge in [0.1, 0.15) is 11.0 Å². The van der Waals surface area contributed by atoms with Crippen LogP contribution >= 0.6 is 11.7 Å². The second-order valence-corrected chi connectivity index (χ2v) is 3.95. The molecule has 0 spiro atoms. The molecule has 1 heterocycles. The molecule has 0 unspecified atom stereocenters. The highest BCUT2D eigenvalue weighted by molar-refractivity contribution is 7.00. The summed E-state index contributed by atoms with van der Waals surface area (Å²) in [5.74, 6) is 0. The third-order valence-corrected chi connectivity index (χ3v) is 3.03. The van der Waals surface area contributed by atoms with E-state index in [1.165, 1.54) is 13.8 Å². The molecule has 1 aromatic heterocycles. The molecule has 1 aromatic carbocycles. The lowest BCUT2D eigenvalue weighted by Crippen LogP contribution is -2.02. The summed E-state index contributed by atoms with van der Waals surface area (Å²) in [4.78, 5) is 20.3. The standard InChI is InChI=1S/C8H6N4O4S/c1-3-5-6(10-17-9-5)4(2)8(12(15)16)7(3)11(13)14/h1-2H3. The van der Waals surface area contributed by atoms with Crippen LogP contribution in [0, 0.1) is 34.1 Å². The summed E-state index contributed by atoms with van der Waals surface area (Å²) in [6.45, 7) is 2.88. The van der Waals surface area contributed by atoms with Crippen LogP contribution in [0.2, 0.25) is 0 Å². The lowest BCUT2D eigenvalue weighted by molar-refractivity contribution is -0.423. The number of hydrogen-bond acceptors (Lipinski definition) is 7. The fraction of sp³-hybridized carbons (Fsp3) is 0.250. The van der Waals surface area contributed by atoms with Crippen LogP contribution in [-0.4, -0.2) is 18.6 Å². The van der Waals surface area contributed by atoms with E-state index in [0.29, 0.717) is 11.0 Å². The zero-order chi connectivity index (χ0) is 12.7. The van der Waals surface area contributed by atoms with Crippen molar-refractivity contribution in [2.45, 2.75) is 13.8 Å². The van der Waals surface area contributed by atoms with Crippen LogP contribution in [0.15, 0.2) is 0 Å². The summed E-state index contributed by atoms with van der Waals surface area (Å²) in [7, 11) is 0. The van der Waals surface area contributed by atoms with Crippen LogP contribution in [0.5, 0.6) is 0 Å². The summed E-state index contributed by atoms with van der Waals surface area (Å²) in [5.41, 5.74) is 0.0436. The van der Waals surface area contributed by atoms with Crippen LogP contribution in [0.3, 0.4) is 0 Å². The lowest BCUT2D eigenvalue weighted by atomic mass is 10.1. The number of aryl methyl sites for hydroxylation is 2. The predicted molar refractivity (Wildman–Crippen MR) is 60.2 cm³/mol. The molecule has 0 saturated carbocycles. The highest BCUT2D eigenvalue weighted by atomic mass is 32.1. The Morgan fingerprint density at radius 1 is 0.941 bits per heavy atom. The van der Waals surface area contributed by atoms with Gasteiger partial charge in [0.2, 0.25) is 0 Å². The van der Waals surface area contributed by atoms with Gasteiger partial charge in [-0.15, -0.1) is 0 Å². The van der Waals surface area contributed by atoms with E-state index in [1.807, 2.05) is 0 Å². The maximum absolute atomic E-state index is 10.9. The van der Waals surface area contributed by atoms with Crippen molar-refractivity contribution >= 4 is 34.1 Å². The molecule has 0 bridgehead atoms. The van der Waals surface area contributed by atoms with Crippen molar-refractivity contribution in [3.05, 3.63) is 31.4 Å². The van der Waals surface area contributed by atoms with Crippen molar-refractivity contribution < 1.29 is 9.85 Å². The maximum atomic E-state index is 10.9. The van der Waals surface area contributed by atoms with E-state index in [2.05, 4.69) is 8.75 Å². The molecule has 0 aliphatic carbocycles. The summed E-state index contributed by atoms with van der Waals surface area (Å²) in [6.07, 6.45) is 0. The number of nitrogens with zero attached hydrogens (tertiary/aromatic N) is 4. The molecule has 2 rings (SSSR count). The fourth-order valence-corrected chi connectivity index (χ4v) is 2.36. The Kier molecular flexibility index (Phi) is 2.46. The lowest BCUT2D eigenvalue weighted by Gasteiger charge is -2.02. The number of aromatic nitrogens is 2. The van der Waals surface area contributed by atoms with E-state index in [1.54, 1.807) is 0 Å². The van der Waals surface area contributed by atoms with Gasteiger partial charge >= 0.3 is 11.4 Å². The normalized spacial score (nSPS) is 10.7. The topological polar surface area (TPSA) is 112 Å². The first-order valence-electron chi connectivity index (χ1n) is 4.49. The molecule has 0 radical (unpaired) electrons. The van der Waals surface area contributed by atoms with Gasteiger partial charge in [0, 0.05) is 0 Å². The second kappa shape index (κ2) is 3.70. The van der Waals surface area contributed by atoms with E-state index in [4.69, 9.17) is 0 Å². The van der Waals surface area contributed by atoms with Crippen molar-refractivity contribution in [1.82, 2.24) is 8.75 Å². The van der Waals surface area contributed by atoms with Crippen LogP contribution in [0.25, 0.3) is 11.0 Å². The van der Waals surface area contributed by atoms with E-state index in [0.717, 1.165) is 11.7 Å². The van der Waals surface area contributed by atoms with Gasteiger partial charge in [-0.25, -0.2) is 0 Å². The Morgan fingerprint density at radius 2 is 1.29 bits per heavy atom. The van der Waals surface area contributed by atoms with Gasteiger partial charge in [-0.05, 0) is 13.8 Å². The molecule has 0 N–H and O–H groups in total. The molecule has 9 heteroatoms. The third kappa shape index (κ3) is 1.51. The van der Waals surface area contributed by atoms with Gasteiger partial charge in [0.05, 0.1) is 32.7 Å². The van der Waals surface area contributed by atoms with Crippen LogP contribution in [-0.2, 0) is 0 Å². The molecule has 0 fully saturated rings. The van der Waals surface area contributed by atoms with Gasteiger partial charge in [-0.3, -0.25) is 20.2 Å². The molecule has 0 aliphatic rings. The average molecular weight is 254 g/mol. The summed E-state index contributed by atoms with van der Waals surface area (Å²) < 4.78 is 7.85. The Labute approximate surface area is 98.5 Å². The Morgan fingerprint density at radius 3 is 1.59 bits per heavy atom. The number of nitro benzene ring substituents is 2. The smallest absolute Gasteiger partial charge is 0.258 e. The van der Waals surface area contributed by atoms with Crippen molar-refractivity contribution in [3.8, 4) is 0 Å².